The highest BCUT2D eigenvalue weighted by Crippen LogP contribution is 2.36. The molecule has 1 saturated heterocycles. The Labute approximate surface area is 142 Å². The molecule has 2 N–H and O–H groups in total. The summed E-state index contributed by atoms with van der Waals surface area (Å²) in [6, 6.07) is 2.47. The zero-order valence-electron chi connectivity index (χ0n) is 12.9. The first-order chi connectivity index (χ1) is 11.2. The molecule has 1 aromatic rings. The molecule has 0 spiro atoms. The maximum Gasteiger partial charge on any atom is 0.418 e. The average Bonchev–Trinajstić information content (AvgIpc) is 2.98. The van der Waals surface area contributed by atoms with Gasteiger partial charge in [0.15, 0.2) is 0 Å². The molecular formula is C15H17ClF3N3O2. The van der Waals surface area contributed by atoms with Crippen LogP contribution in [0.3, 0.4) is 0 Å². The molecule has 1 aromatic carbocycles. The summed E-state index contributed by atoms with van der Waals surface area (Å²) in [6.07, 6.45) is -4.16. The normalized spacial score (nSPS) is 17.7. The number of anilines is 1. The first-order valence-electron chi connectivity index (χ1n) is 7.42. The van der Waals surface area contributed by atoms with Gasteiger partial charge < -0.3 is 15.5 Å². The van der Waals surface area contributed by atoms with Crippen molar-refractivity contribution in [3.05, 3.63) is 28.8 Å². The Bertz CT molecular complexity index is 637. The Morgan fingerprint density at radius 1 is 1.38 bits per heavy atom. The van der Waals surface area contributed by atoms with E-state index in [9.17, 15) is 22.8 Å². The summed E-state index contributed by atoms with van der Waals surface area (Å²) in [6.45, 7) is 2.76. The number of rotatable bonds is 3. The SMILES string of the molecule is CCNC(=O)[C@@H]1CCN(C(=O)Nc2ccc(Cl)cc2C(F)(F)F)C1. The third kappa shape index (κ3) is 4.31. The average molecular weight is 364 g/mol. The number of halogens is 4. The molecule has 2 rings (SSSR count). The minimum Gasteiger partial charge on any atom is -0.356 e. The summed E-state index contributed by atoms with van der Waals surface area (Å²) in [4.78, 5) is 25.3. The number of nitrogens with zero attached hydrogens (tertiary/aromatic N) is 1. The lowest BCUT2D eigenvalue weighted by atomic mass is 10.1. The fourth-order valence-electron chi connectivity index (χ4n) is 2.53. The Kier molecular flexibility index (Phi) is 5.58. The van der Waals surface area contributed by atoms with Crippen molar-refractivity contribution in [2.24, 2.45) is 5.92 Å². The largest absolute Gasteiger partial charge is 0.418 e. The molecule has 24 heavy (non-hydrogen) atoms. The van der Waals surface area contributed by atoms with E-state index >= 15 is 0 Å². The topological polar surface area (TPSA) is 61.4 Å². The van der Waals surface area contributed by atoms with E-state index in [1.54, 1.807) is 6.92 Å². The number of carbonyl (C=O) groups is 2. The zero-order chi connectivity index (χ0) is 17.9. The lowest BCUT2D eigenvalue weighted by Gasteiger charge is -2.19. The number of benzene rings is 1. The van der Waals surface area contributed by atoms with Gasteiger partial charge >= 0.3 is 12.2 Å². The van der Waals surface area contributed by atoms with E-state index in [1.807, 2.05) is 0 Å². The van der Waals surface area contributed by atoms with Gasteiger partial charge in [-0.05, 0) is 31.5 Å². The number of likely N-dealkylation sites (tertiary alicyclic amines) is 1. The minimum atomic E-state index is -4.64. The number of hydrogen-bond acceptors (Lipinski definition) is 2. The Balaban J connectivity index is 2.07. The van der Waals surface area contributed by atoms with Crippen LogP contribution in [0, 0.1) is 5.92 Å². The van der Waals surface area contributed by atoms with E-state index in [2.05, 4.69) is 10.6 Å². The van der Waals surface area contributed by atoms with E-state index in [0.717, 1.165) is 12.1 Å². The van der Waals surface area contributed by atoms with Gasteiger partial charge in [-0.25, -0.2) is 4.79 Å². The van der Waals surface area contributed by atoms with Gasteiger partial charge in [-0.3, -0.25) is 4.79 Å². The van der Waals surface area contributed by atoms with Crippen molar-refractivity contribution in [2.75, 3.05) is 25.0 Å². The lowest BCUT2D eigenvalue weighted by Crippen LogP contribution is -2.36. The molecule has 1 aliphatic heterocycles. The number of carbonyl (C=O) groups excluding carboxylic acids is 2. The molecule has 1 aliphatic rings. The van der Waals surface area contributed by atoms with Gasteiger partial charge in [-0.2, -0.15) is 13.2 Å². The van der Waals surface area contributed by atoms with Crippen molar-refractivity contribution in [2.45, 2.75) is 19.5 Å². The van der Waals surface area contributed by atoms with Crippen molar-refractivity contribution < 1.29 is 22.8 Å². The molecular weight excluding hydrogens is 347 g/mol. The molecule has 0 unspecified atom stereocenters. The number of amides is 3. The maximum absolute atomic E-state index is 13.0. The molecule has 5 nitrogen and oxygen atoms in total. The zero-order valence-corrected chi connectivity index (χ0v) is 13.7. The van der Waals surface area contributed by atoms with Crippen LogP contribution in [0.2, 0.25) is 5.02 Å². The molecule has 9 heteroatoms. The Hall–Kier alpha value is -1.96. The number of alkyl halides is 3. The maximum atomic E-state index is 13.0. The highest BCUT2D eigenvalue weighted by atomic mass is 35.5. The Morgan fingerprint density at radius 2 is 2.08 bits per heavy atom. The van der Waals surface area contributed by atoms with Crippen LogP contribution in [0.15, 0.2) is 18.2 Å². The number of nitrogens with one attached hydrogen (secondary N) is 2. The predicted molar refractivity (Wildman–Crippen MR) is 83.8 cm³/mol. The van der Waals surface area contributed by atoms with Gasteiger partial charge in [0.1, 0.15) is 0 Å². The van der Waals surface area contributed by atoms with Gasteiger partial charge in [0.2, 0.25) is 5.91 Å². The van der Waals surface area contributed by atoms with Crippen LogP contribution < -0.4 is 10.6 Å². The molecule has 1 atom stereocenters. The van der Waals surface area contributed by atoms with E-state index in [4.69, 9.17) is 11.6 Å². The molecule has 0 bridgehead atoms. The number of hydrogen-bond donors (Lipinski definition) is 2. The van der Waals surface area contributed by atoms with Crippen LogP contribution in [-0.2, 0) is 11.0 Å². The predicted octanol–water partition coefficient (Wildman–Crippen LogP) is 3.35. The van der Waals surface area contributed by atoms with Crippen molar-refractivity contribution in [1.82, 2.24) is 10.2 Å². The molecule has 1 heterocycles. The number of urea groups is 1. The molecule has 0 saturated carbocycles. The second kappa shape index (κ2) is 7.29. The highest BCUT2D eigenvalue weighted by Gasteiger charge is 2.36. The van der Waals surface area contributed by atoms with Crippen LogP contribution in [0.25, 0.3) is 0 Å². The molecule has 1 fully saturated rings. The Morgan fingerprint density at radius 3 is 2.71 bits per heavy atom. The van der Waals surface area contributed by atoms with Gasteiger partial charge in [-0.1, -0.05) is 11.6 Å². The summed E-state index contributed by atoms with van der Waals surface area (Å²) in [5.41, 5.74) is -1.37. The second-order valence-corrected chi connectivity index (χ2v) is 5.88. The summed E-state index contributed by atoms with van der Waals surface area (Å²) in [5.74, 6) is -0.502. The summed E-state index contributed by atoms with van der Waals surface area (Å²) in [7, 11) is 0. The minimum absolute atomic E-state index is 0.0715. The van der Waals surface area contributed by atoms with E-state index in [0.29, 0.717) is 19.5 Å². The quantitative estimate of drug-likeness (QED) is 0.865. The molecule has 132 valence electrons. The summed E-state index contributed by atoms with van der Waals surface area (Å²) < 4.78 is 39.1. The van der Waals surface area contributed by atoms with Crippen molar-refractivity contribution in [1.29, 1.82) is 0 Å². The molecule has 0 radical (unpaired) electrons. The van der Waals surface area contributed by atoms with Crippen LogP contribution in [0.1, 0.15) is 18.9 Å². The monoisotopic (exact) mass is 363 g/mol. The molecule has 0 aromatic heterocycles. The fourth-order valence-corrected chi connectivity index (χ4v) is 2.70. The van der Waals surface area contributed by atoms with E-state index in [-0.39, 0.29) is 29.1 Å². The van der Waals surface area contributed by atoms with Crippen LogP contribution in [0.5, 0.6) is 0 Å². The first-order valence-corrected chi connectivity index (χ1v) is 7.80. The van der Waals surface area contributed by atoms with Gasteiger partial charge in [-0.15, -0.1) is 0 Å². The van der Waals surface area contributed by atoms with Gasteiger partial charge in [0.25, 0.3) is 0 Å². The van der Waals surface area contributed by atoms with Gasteiger partial charge in [0.05, 0.1) is 17.2 Å². The fraction of sp³-hybridized carbons (Fsp3) is 0.467. The molecule has 3 amide bonds. The third-order valence-electron chi connectivity index (χ3n) is 3.73. The van der Waals surface area contributed by atoms with E-state index in [1.165, 1.54) is 11.0 Å². The van der Waals surface area contributed by atoms with Crippen LogP contribution in [0.4, 0.5) is 23.7 Å². The smallest absolute Gasteiger partial charge is 0.356 e. The second-order valence-electron chi connectivity index (χ2n) is 5.44. The van der Waals surface area contributed by atoms with Crippen molar-refractivity contribution >= 4 is 29.2 Å². The van der Waals surface area contributed by atoms with Gasteiger partial charge in [0, 0.05) is 24.7 Å². The van der Waals surface area contributed by atoms with Crippen LogP contribution >= 0.6 is 11.6 Å². The van der Waals surface area contributed by atoms with Crippen molar-refractivity contribution in [3.63, 3.8) is 0 Å². The first kappa shape index (κ1) is 18.4. The third-order valence-corrected chi connectivity index (χ3v) is 3.96. The molecule has 0 aliphatic carbocycles. The van der Waals surface area contributed by atoms with Crippen LogP contribution in [-0.4, -0.2) is 36.5 Å². The summed E-state index contributed by atoms with van der Waals surface area (Å²) >= 11 is 5.60. The standard InChI is InChI=1S/C15H17ClF3N3O2/c1-2-20-13(23)9-5-6-22(8-9)14(24)21-12-4-3-10(16)7-11(12)15(17,18)19/h3-4,7,9H,2,5-6,8H2,1H3,(H,20,23)(H,21,24)/t9-/m1/s1. The highest BCUT2D eigenvalue weighted by molar-refractivity contribution is 6.30. The van der Waals surface area contributed by atoms with Crippen molar-refractivity contribution in [3.8, 4) is 0 Å². The summed E-state index contributed by atoms with van der Waals surface area (Å²) in [5, 5.41) is 4.85. The lowest BCUT2D eigenvalue weighted by molar-refractivity contribution is -0.137. The van der Waals surface area contributed by atoms with E-state index < -0.39 is 17.8 Å².